The van der Waals surface area contributed by atoms with Crippen LogP contribution in [0.1, 0.15) is 46.5 Å². The van der Waals surface area contributed by atoms with Crippen molar-refractivity contribution < 1.29 is 14.7 Å². The standard InChI is InChI=1S/C18H31N3O3/c1-13-15(23)20(11-8-19-13)9-6-17(2,3)16(24)21-10-7-18(4-5-18)14(22)12-21/h13-14,19,22H,4-12H2,1-3H3/t13-,14+/m0/s1. The first-order chi connectivity index (χ1) is 11.3. The fourth-order valence-corrected chi connectivity index (χ4v) is 4.00. The molecule has 0 unspecified atom stereocenters. The molecule has 1 aliphatic carbocycles. The summed E-state index contributed by atoms with van der Waals surface area (Å²) < 4.78 is 0. The number of β-amino-alcohol motifs (C(OH)–C–C–N with tert-alkyl or cyclic N) is 1. The van der Waals surface area contributed by atoms with Crippen molar-refractivity contribution >= 4 is 11.8 Å². The van der Waals surface area contributed by atoms with Crippen LogP contribution in [0.15, 0.2) is 0 Å². The minimum absolute atomic E-state index is 0.104. The number of aliphatic hydroxyl groups is 1. The summed E-state index contributed by atoms with van der Waals surface area (Å²) in [4.78, 5) is 28.8. The third-order valence-electron chi connectivity index (χ3n) is 6.26. The number of hydrogen-bond donors (Lipinski definition) is 2. The number of piperidine rings is 1. The summed E-state index contributed by atoms with van der Waals surface area (Å²) in [6.45, 7) is 9.14. The van der Waals surface area contributed by atoms with Gasteiger partial charge in [0.1, 0.15) is 0 Å². The number of hydrogen-bond acceptors (Lipinski definition) is 4. The lowest BCUT2D eigenvalue weighted by Crippen LogP contribution is -2.55. The smallest absolute Gasteiger partial charge is 0.239 e. The summed E-state index contributed by atoms with van der Waals surface area (Å²) in [7, 11) is 0. The van der Waals surface area contributed by atoms with Crippen molar-refractivity contribution in [3.8, 4) is 0 Å². The van der Waals surface area contributed by atoms with E-state index < -0.39 is 5.41 Å². The van der Waals surface area contributed by atoms with E-state index in [1.165, 1.54) is 0 Å². The Morgan fingerprint density at radius 3 is 2.67 bits per heavy atom. The van der Waals surface area contributed by atoms with Gasteiger partial charge in [-0.2, -0.15) is 0 Å². The molecule has 3 aliphatic rings. The topological polar surface area (TPSA) is 72.9 Å². The van der Waals surface area contributed by atoms with Crippen LogP contribution in [0.25, 0.3) is 0 Å². The monoisotopic (exact) mass is 337 g/mol. The largest absolute Gasteiger partial charge is 0.391 e. The fraction of sp³-hybridized carbons (Fsp3) is 0.889. The second-order valence-electron chi connectivity index (χ2n) is 8.51. The van der Waals surface area contributed by atoms with E-state index in [2.05, 4.69) is 5.32 Å². The van der Waals surface area contributed by atoms with Crippen molar-refractivity contribution in [3.63, 3.8) is 0 Å². The zero-order valence-corrected chi connectivity index (χ0v) is 15.2. The van der Waals surface area contributed by atoms with Crippen molar-refractivity contribution in [2.75, 3.05) is 32.7 Å². The molecule has 0 aromatic heterocycles. The Kier molecular flexibility index (Phi) is 4.64. The Labute approximate surface area is 144 Å². The van der Waals surface area contributed by atoms with Crippen LogP contribution in [-0.2, 0) is 9.59 Å². The van der Waals surface area contributed by atoms with Gasteiger partial charge in [-0.3, -0.25) is 9.59 Å². The summed E-state index contributed by atoms with van der Waals surface area (Å²) in [5, 5.41) is 13.5. The SMILES string of the molecule is C[C@@H]1NCCN(CCC(C)(C)C(=O)N2CCC3(CC3)[C@H](O)C2)C1=O. The third kappa shape index (κ3) is 3.31. The number of piperazine rings is 1. The zero-order valence-electron chi connectivity index (χ0n) is 15.2. The van der Waals surface area contributed by atoms with Gasteiger partial charge in [0.15, 0.2) is 0 Å². The number of amides is 2. The van der Waals surface area contributed by atoms with E-state index in [1.807, 2.05) is 30.6 Å². The summed E-state index contributed by atoms with van der Waals surface area (Å²) >= 11 is 0. The van der Waals surface area contributed by atoms with E-state index in [1.54, 1.807) is 0 Å². The van der Waals surface area contributed by atoms with E-state index >= 15 is 0 Å². The normalized spacial score (nSPS) is 29.9. The molecule has 1 spiro atoms. The number of nitrogens with zero attached hydrogens (tertiary/aromatic N) is 2. The second-order valence-corrected chi connectivity index (χ2v) is 8.51. The Hall–Kier alpha value is -1.14. The van der Waals surface area contributed by atoms with Crippen LogP contribution in [0.3, 0.4) is 0 Å². The highest BCUT2D eigenvalue weighted by molar-refractivity contribution is 5.83. The van der Waals surface area contributed by atoms with Crippen LogP contribution >= 0.6 is 0 Å². The summed E-state index contributed by atoms with van der Waals surface area (Å²) in [5.74, 6) is 0.223. The van der Waals surface area contributed by atoms with Crippen molar-refractivity contribution in [2.45, 2.75) is 58.6 Å². The zero-order chi connectivity index (χ0) is 17.5. The molecule has 2 N–H and O–H groups in total. The first kappa shape index (κ1) is 17.7. The summed E-state index contributed by atoms with van der Waals surface area (Å²) in [5.41, 5.74) is -0.396. The molecule has 3 rings (SSSR count). The predicted octanol–water partition coefficient (Wildman–Crippen LogP) is 0.596. The van der Waals surface area contributed by atoms with Gasteiger partial charge in [-0.1, -0.05) is 13.8 Å². The number of aliphatic hydroxyl groups excluding tert-OH is 1. The predicted molar refractivity (Wildman–Crippen MR) is 91.3 cm³/mol. The molecule has 6 heteroatoms. The number of rotatable bonds is 4. The molecule has 6 nitrogen and oxygen atoms in total. The quantitative estimate of drug-likeness (QED) is 0.788. The lowest BCUT2D eigenvalue weighted by molar-refractivity contribution is -0.147. The minimum atomic E-state index is -0.512. The van der Waals surface area contributed by atoms with E-state index in [9.17, 15) is 14.7 Å². The molecular weight excluding hydrogens is 306 g/mol. The maximum absolute atomic E-state index is 12.9. The van der Waals surface area contributed by atoms with Gasteiger partial charge in [0.25, 0.3) is 0 Å². The molecule has 2 atom stereocenters. The third-order valence-corrected chi connectivity index (χ3v) is 6.26. The maximum atomic E-state index is 12.9. The van der Waals surface area contributed by atoms with E-state index in [0.29, 0.717) is 26.1 Å². The van der Waals surface area contributed by atoms with Crippen molar-refractivity contribution in [1.29, 1.82) is 0 Å². The number of likely N-dealkylation sites (tertiary alicyclic amines) is 1. The van der Waals surface area contributed by atoms with E-state index in [0.717, 1.165) is 32.4 Å². The van der Waals surface area contributed by atoms with Gasteiger partial charge in [-0.25, -0.2) is 0 Å². The van der Waals surface area contributed by atoms with Crippen LogP contribution in [0.5, 0.6) is 0 Å². The van der Waals surface area contributed by atoms with Crippen LogP contribution in [-0.4, -0.2) is 71.6 Å². The molecule has 0 bridgehead atoms. The van der Waals surface area contributed by atoms with Gasteiger partial charge in [-0.15, -0.1) is 0 Å². The molecule has 0 radical (unpaired) electrons. The molecule has 3 fully saturated rings. The average Bonchev–Trinajstić information content (AvgIpc) is 3.32. The van der Waals surface area contributed by atoms with Gasteiger partial charge in [0, 0.05) is 38.1 Å². The Morgan fingerprint density at radius 1 is 1.33 bits per heavy atom. The number of nitrogens with one attached hydrogen (secondary N) is 1. The minimum Gasteiger partial charge on any atom is -0.391 e. The van der Waals surface area contributed by atoms with E-state index in [-0.39, 0.29) is 29.4 Å². The van der Waals surface area contributed by atoms with Crippen LogP contribution in [0, 0.1) is 10.8 Å². The molecule has 1 saturated carbocycles. The average molecular weight is 337 g/mol. The maximum Gasteiger partial charge on any atom is 0.239 e. The molecule has 0 aromatic rings. The van der Waals surface area contributed by atoms with Crippen molar-refractivity contribution in [1.82, 2.24) is 15.1 Å². The molecular formula is C18H31N3O3. The Morgan fingerprint density at radius 2 is 2.04 bits per heavy atom. The summed E-state index contributed by atoms with van der Waals surface area (Å²) in [6.07, 6.45) is 3.40. The summed E-state index contributed by atoms with van der Waals surface area (Å²) in [6, 6.07) is -0.135. The lowest BCUT2D eigenvalue weighted by atomic mass is 9.84. The van der Waals surface area contributed by atoms with Crippen LogP contribution in [0.2, 0.25) is 0 Å². The second kappa shape index (κ2) is 6.30. The van der Waals surface area contributed by atoms with E-state index in [4.69, 9.17) is 0 Å². The number of carbonyl (C=O) groups is 2. The molecule has 2 saturated heterocycles. The number of carbonyl (C=O) groups excluding carboxylic acids is 2. The molecule has 0 aromatic carbocycles. The lowest BCUT2D eigenvalue weighted by Gasteiger charge is -2.41. The van der Waals surface area contributed by atoms with Gasteiger partial charge in [0.2, 0.25) is 11.8 Å². The Balaban J connectivity index is 1.54. The highest BCUT2D eigenvalue weighted by atomic mass is 16.3. The van der Waals surface area contributed by atoms with Gasteiger partial charge in [0.05, 0.1) is 12.1 Å². The van der Waals surface area contributed by atoms with Crippen LogP contribution < -0.4 is 5.32 Å². The van der Waals surface area contributed by atoms with Gasteiger partial charge < -0.3 is 20.2 Å². The van der Waals surface area contributed by atoms with Crippen molar-refractivity contribution in [2.24, 2.45) is 10.8 Å². The molecule has 136 valence electrons. The molecule has 2 aliphatic heterocycles. The van der Waals surface area contributed by atoms with Gasteiger partial charge in [-0.05, 0) is 38.0 Å². The van der Waals surface area contributed by atoms with Crippen molar-refractivity contribution in [3.05, 3.63) is 0 Å². The molecule has 24 heavy (non-hydrogen) atoms. The highest BCUT2D eigenvalue weighted by Crippen LogP contribution is 2.53. The van der Waals surface area contributed by atoms with Crippen LogP contribution in [0.4, 0.5) is 0 Å². The highest BCUT2D eigenvalue weighted by Gasteiger charge is 2.52. The van der Waals surface area contributed by atoms with Gasteiger partial charge >= 0.3 is 0 Å². The molecule has 2 heterocycles. The Bertz CT molecular complexity index is 516. The molecule has 2 amide bonds. The first-order valence-corrected chi connectivity index (χ1v) is 9.25. The first-order valence-electron chi connectivity index (χ1n) is 9.25. The fourth-order valence-electron chi connectivity index (χ4n) is 4.00.